The number of nitrogens with zero attached hydrogens (tertiary/aromatic N) is 1. The van der Waals surface area contributed by atoms with Crippen LogP contribution in [-0.4, -0.2) is 18.2 Å². The van der Waals surface area contributed by atoms with Gasteiger partial charge in [-0.15, -0.1) is 0 Å². The second-order valence-electron chi connectivity index (χ2n) is 5.12. The van der Waals surface area contributed by atoms with Crippen molar-refractivity contribution in [1.82, 2.24) is 9.88 Å². The van der Waals surface area contributed by atoms with E-state index in [1.54, 1.807) is 0 Å². The zero-order valence-electron chi connectivity index (χ0n) is 11.8. The van der Waals surface area contributed by atoms with E-state index in [1.165, 1.54) is 22.2 Å². The summed E-state index contributed by atoms with van der Waals surface area (Å²) in [5.41, 5.74) is 4.06. The Balaban J connectivity index is 2.01. The molecule has 2 aromatic carbocycles. The molecule has 0 radical (unpaired) electrons. The third kappa shape index (κ3) is 2.61. The molecule has 0 spiro atoms. The van der Waals surface area contributed by atoms with Crippen molar-refractivity contribution in [1.29, 1.82) is 0 Å². The van der Waals surface area contributed by atoms with Crippen LogP contribution in [0.25, 0.3) is 10.9 Å². The van der Waals surface area contributed by atoms with Crippen LogP contribution in [0.3, 0.4) is 0 Å². The fourth-order valence-electron chi connectivity index (χ4n) is 2.68. The fraction of sp³-hybridized carbons (Fsp3) is 0.222. The molecule has 1 heterocycles. The highest BCUT2D eigenvalue weighted by Crippen LogP contribution is 2.21. The van der Waals surface area contributed by atoms with Crippen LogP contribution in [-0.2, 0) is 13.0 Å². The molecule has 0 unspecified atom stereocenters. The number of benzene rings is 2. The second kappa shape index (κ2) is 5.93. The Bertz CT molecular complexity index is 683. The summed E-state index contributed by atoms with van der Waals surface area (Å²) in [6.45, 7) is 1.94. The third-order valence-corrected chi connectivity index (χ3v) is 3.71. The lowest BCUT2D eigenvalue weighted by atomic mass is 10.2. The Labute approximate surface area is 120 Å². The van der Waals surface area contributed by atoms with Gasteiger partial charge in [0.2, 0.25) is 0 Å². The summed E-state index contributed by atoms with van der Waals surface area (Å²) in [5.74, 6) is 0. The molecule has 0 bridgehead atoms. The van der Waals surface area contributed by atoms with Gasteiger partial charge in [0.25, 0.3) is 0 Å². The predicted molar refractivity (Wildman–Crippen MR) is 85.1 cm³/mol. The lowest BCUT2D eigenvalue weighted by Crippen LogP contribution is -2.13. The van der Waals surface area contributed by atoms with Crippen molar-refractivity contribution in [3.05, 3.63) is 71.9 Å². The molecule has 0 saturated heterocycles. The van der Waals surface area contributed by atoms with Crippen LogP contribution in [0.5, 0.6) is 0 Å². The minimum atomic E-state index is 0.938. The van der Waals surface area contributed by atoms with Gasteiger partial charge >= 0.3 is 0 Å². The number of hydrogen-bond donors (Lipinski definition) is 1. The largest absolute Gasteiger partial charge is 0.340 e. The van der Waals surface area contributed by atoms with E-state index < -0.39 is 0 Å². The highest BCUT2D eigenvalue weighted by atomic mass is 15.0. The minimum absolute atomic E-state index is 0.938. The standard InChI is InChI=1S/C18H20N2/c1-19-12-11-17-13-16-9-5-6-10-18(16)20(17)14-15-7-3-2-4-8-15/h2-10,13,19H,11-12,14H2,1H3. The van der Waals surface area contributed by atoms with E-state index in [4.69, 9.17) is 0 Å². The molecule has 2 nitrogen and oxygen atoms in total. The molecule has 0 aliphatic carbocycles. The van der Waals surface area contributed by atoms with E-state index in [-0.39, 0.29) is 0 Å². The smallest absolute Gasteiger partial charge is 0.0485 e. The quantitative estimate of drug-likeness (QED) is 0.747. The highest BCUT2D eigenvalue weighted by molar-refractivity contribution is 5.81. The first kappa shape index (κ1) is 12.9. The summed E-state index contributed by atoms with van der Waals surface area (Å²) in [7, 11) is 2.00. The lowest BCUT2D eigenvalue weighted by Gasteiger charge is -2.11. The molecule has 0 aliphatic rings. The van der Waals surface area contributed by atoms with E-state index in [1.807, 2.05) is 7.05 Å². The number of hydrogen-bond acceptors (Lipinski definition) is 1. The van der Waals surface area contributed by atoms with Crippen LogP contribution < -0.4 is 5.32 Å². The average molecular weight is 264 g/mol. The molecule has 102 valence electrons. The van der Waals surface area contributed by atoms with E-state index in [0.717, 1.165) is 19.5 Å². The average Bonchev–Trinajstić information content (AvgIpc) is 2.84. The maximum atomic E-state index is 3.24. The normalized spacial score (nSPS) is 11.1. The molecule has 0 saturated carbocycles. The van der Waals surface area contributed by atoms with Gasteiger partial charge in [0.05, 0.1) is 0 Å². The maximum Gasteiger partial charge on any atom is 0.0485 e. The SMILES string of the molecule is CNCCc1cc2ccccc2n1Cc1ccccc1. The minimum Gasteiger partial charge on any atom is -0.340 e. The molecule has 0 aliphatic heterocycles. The predicted octanol–water partition coefficient (Wildman–Crippen LogP) is 3.45. The van der Waals surface area contributed by atoms with Crippen LogP contribution >= 0.6 is 0 Å². The summed E-state index contributed by atoms with van der Waals surface area (Å²) < 4.78 is 2.43. The molecule has 1 aromatic heterocycles. The number of aromatic nitrogens is 1. The first-order valence-corrected chi connectivity index (χ1v) is 7.14. The number of nitrogens with one attached hydrogen (secondary N) is 1. The zero-order valence-corrected chi connectivity index (χ0v) is 11.8. The van der Waals surface area contributed by atoms with Crippen LogP contribution in [0.15, 0.2) is 60.7 Å². The van der Waals surface area contributed by atoms with Gasteiger partial charge in [0, 0.05) is 30.7 Å². The van der Waals surface area contributed by atoms with E-state index in [9.17, 15) is 0 Å². The number of para-hydroxylation sites is 1. The van der Waals surface area contributed by atoms with Crippen LogP contribution in [0.2, 0.25) is 0 Å². The lowest BCUT2D eigenvalue weighted by molar-refractivity contribution is 0.716. The molecule has 3 rings (SSSR count). The van der Waals surface area contributed by atoms with E-state index >= 15 is 0 Å². The number of fused-ring (bicyclic) bond motifs is 1. The third-order valence-electron chi connectivity index (χ3n) is 3.71. The maximum absolute atomic E-state index is 3.24. The molecule has 0 atom stereocenters. The van der Waals surface area contributed by atoms with Crippen molar-refractivity contribution in [2.24, 2.45) is 0 Å². The molecule has 1 N–H and O–H groups in total. The van der Waals surface area contributed by atoms with Crippen LogP contribution in [0, 0.1) is 0 Å². The van der Waals surface area contributed by atoms with Gasteiger partial charge < -0.3 is 9.88 Å². The first-order chi connectivity index (χ1) is 9.88. The summed E-state index contributed by atoms with van der Waals surface area (Å²) in [6.07, 6.45) is 1.05. The number of likely N-dealkylation sites (N-methyl/N-ethyl adjacent to an activating group) is 1. The van der Waals surface area contributed by atoms with Crippen LogP contribution in [0.1, 0.15) is 11.3 Å². The van der Waals surface area contributed by atoms with Gasteiger partial charge in [-0.1, -0.05) is 48.5 Å². The van der Waals surface area contributed by atoms with Gasteiger partial charge in [-0.3, -0.25) is 0 Å². The Morgan fingerprint density at radius 1 is 0.950 bits per heavy atom. The van der Waals surface area contributed by atoms with Crippen molar-refractivity contribution >= 4 is 10.9 Å². The molecule has 0 fully saturated rings. The van der Waals surface area contributed by atoms with Crippen molar-refractivity contribution in [2.45, 2.75) is 13.0 Å². The zero-order chi connectivity index (χ0) is 13.8. The van der Waals surface area contributed by atoms with Crippen molar-refractivity contribution in [3.8, 4) is 0 Å². The monoisotopic (exact) mass is 264 g/mol. The van der Waals surface area contributed by atoms with Gasteiger partial charge in [0.1, 0.15) is 0 Å². The molecular weight excluding hydrogens is 244 g/mol. The Morgan fingerprint density at radius 3 is 2.50 bits per heavy atom. The fourth-order valence-corrected chi connectivity index (χ4v) is 2.68. The van der Waals surface area contributed by atoms with Crippen LogP contribution in [0.4, 0.5) is 0 Å². The Morgan fingerprint density at radius 2 is 1.70 bits per heavy atom. The van der Waals surface area contributed by atoms with Crippen molar-refractivity contribution in [2.75, 3.05) is 13.6 Å². The summed E-state index contributed by atoms with van der Waals surface area (Å²) >= 11 is 0. The summed E-state index contributed by atoms with van der Waals surface area (Å²) in [6, 6.07) is 21.6. The number of rotatable bonds is 5. The molecule has 20 heavy (non-hydrogen) atoms. The highest BCUT2D eigenvalue weighted by Gasteiger charge is 2.08. The summed E-state index contributed by atoms with van der Waals surface area (Å²) in [5, 5.41) is 4.57. The van der Waals surface area contributed by atoms with Gasteiger partial charge in [-0.05, 0) is 30.1 Å². The topological polar surface area (TPSA) is 17.0 Å². The summed E-state index contributed by atoms with van der Waals surface area (Å²) in [4.78, 5) is 0. The molecular formula is C18H20N2. The molecule has 3 aromatic rings. The van der Waals surface area contributed by atoms with Crippen molar-refractivity contribution < 1.29 is 0 Å². The molecule has 2 heteroatoms. The van der Waals surface area contributed by atoms with Gasteiger partial charge in [0.15, 0.2) is 0 Å². The Kier molecular flexibility index (Phi) is 3.84. The van der Waals surface area contributed by atoms with Gasteiger partial charge in [-0.25, -0.2) is 0 Å². The first-order valence-electron chi connectivity index (χ1n) is 7.14. The van der Waals surface area contributed by atoms with Crippen molar-refractivity contribution in [3.63, 3.8) is 0 Å². The second-order valence-corrected chi connectivity index (χ2v) is 5.12. The van der Waals surface area contributed by atoms with E-state index in [2.05, 4.69) is 70.5 Å². The molecule has 0 amide bonds. The van der Waals surface area contributed by atoms with Gasteiger partial charge in [-0.2, -0.15) is 0 Å². The Hall–Kier alpha value is -2.06. The van der Waals surface area contributed by atoms with E-state index in [0.29, 0.717) is 0 Å².